The molecule has 0 radical (unpaired) electrons. The molecule has 152 valence electrons. The van der Waals surface area contributed by atoms with Crippen molar-refractivity contribution in [1.82, 2.24) is 0 Å². The molecule has 1 atom stereocenters. The van der Waals surface area contributed by atoms with Crippen molar-refractivity contribution in [2.24, 2.45) is 0 Å². The van der Waals surface area contributed by atoms with Gasteiger partial charge in [-0.15, -0.1) is 0 Å². The summed E-state index contributed by atoms with van der Waals surface area (Å²) >= 11 is 0. The van der Waals surface area contributed by atoms with Gasteiger partial charge in [-0.2, -0.15) is 4.31 Å². The number of phosphoric ester groups is 1. The molecule has 27 heavy (non-hydrogen) atoms. The number of hydrogen-bond acceptors (Lipinski definition) is 5. The van der Waals surface area contributed by atoms with Crippen molar-refractivity contribution in [2.45, 2.75) is 33.6 Å². The van der Waals surface area contributed by atoms with Gasteiger partial charge in [0.15, 0.2) is 0 Å². The van der Waals surface area contributed by atoms with Crippen LogP contribution in [0.25, 0.3) is 0 Å². The zero-order chi connectivity index (χ0) is 20.5. The summed E-state index contributed by atoms with van der Waals surface area (Å²) in [5, 5.41) is 0. The second-order valence-electron chi connectivity index (χ2n) is 6.08. The van der Waals surface area contributed by atoms with Crippen LogP contribution in [0, 0.1) is 6.92 Å². The van der Waals surface area contributed by atoms with E-state index in [0.717, 1.165) is 28.9 Å². The maximum absolute atomic E-state index is 11.3. The molecule has 0 amide bonds. The third-order valence-corrected chi connectivity index (χ3v) is 5.52. The molecule has 1 rings (SSSR count). The third kappa shape index (κ3) is 12.0. The second-order valence-corrected chi connectivity index (χ2v) is 8.91. The highest BCUT2D eigenvalue weighted by atomic mass is 31.3. The fraction of sp³-hybridized carbons (Fsp3) is 0.412. The highest BCUT2D eigenvalue weighted by molar-refractivity contribution is 7.60. The van der Waals surface area contributed by atoms with Crippen LogP contribution in [0.4, 0.5) is 0 Å². The van der Waals surface area contributed by atoms with Gasteiger partial charge in [-0.3, -0.25) is 4.52 Å². The largest absolute Gasteiger partial charge is 0.489 e. The van der Waals surface area contributed by atoms with E-state index in [9.17, 15) is 9.13 Å². The predicted octanol–water partition coefficient (Wildman–Crippen LogP) is 4.27. The summed E-state index contributed by atoms with van der Waals surface area (Å²) in [7, 11) is -9.88. The first-order chi connectivity index (χ1) is 12.5. The Kier molecular flexibility index (Phi) is 9.63. The van der Waals surface area contributed by atoms with Gasteiger partial charge >= 0.3 is 15.6 Å². The van der Waals surface area contributed by atoms with Crippen LogP contribution in [0.3, 0.4) is 0 Å². The van der Waals surface area contributed by atoms with E-state index in [2.05, 4.69) is 8.83 Å². The molecule has 0 aliphatic rings. The quantitative estimate of drug-likeness (QED) is 0.358. The van der Waals surface area contributed by atoms with Crippen LogP contribution in [0.5, 0.6) is 5.75 Å². The van der Waals surface area contributed by atoms with Crippen LogP contribution >= 0.6 is 15.6 Å². The SMILES string of the molecule is C/C(=C\COP(=O)(O)OP(=O)(O)O)CC/C=C(\C)COc1cccc(C)c1. The van der Waals surface area contributed by atoms with Crippen molar-refractivity contribution in [3.8, 4) is 5.75 Å². The van der Waals surface area contributed by atoms with Gasteiger partial charge in [-0.25, -0.2) is 9.13 Å². The normalized spacial score (nSPS) is 15.5. The molecule has 1 unspecified atom stereocenters. The fourth-order valence-corrected chi connectivity index (χ4v) is 3.57. The summed E-state index contributed by atoms with van der Waals surface area (Å²) in [6.45, 7) is 5.99. The van der Waals surface area contributed by atoms with Crippen molar-refractivity contribution in [3.05, 3.63) is 53.1 Å². The Labute approximate surface area is 159 Å². The lowest BCUT2D eigenvalue weighted by molar-refractivity contribution is 0.191. The summed E-state index contributed by atoms with van der Waals surface area (Å²) in [4.78, 5) is 26.2. The number of ether oxygens (including phenoxy) is 1. The molecular formula is C17H26O8P2. The molecule has 0 saturated carbocycles. The van der Waals surface area contributed by atoms with Gasteiger partial charge in [-0.05, 0) is 56.9 Å². The van der Waals surface area contributed by atoms with Gasteiger partial charge in [-0.1, -0.05) is 29.9 Å². The number of rotatable bonds is 11. The maximum Gasteiger partial charge on any atom is 0.481 e. The summed E-state index contributed by atoms with van der Waals surface area (Å²) in [6, 6.07) is 7.82. The van der Waals surface area contributed by atoms with Crippen LogP contribution in [0.15, 0.2) is 47.6 Å². The van der Waals surface area contributed by atoms with E-state index in [-0.39, 0.29) is 6.61 Å². The molecule has 0 aromatic heterocycles. The first-order valence-corrected chi connectivity index (χ1v) is 11.2. The second kappa shape index (κ2) is 10.9. The van der Waals surface area contributed by atoms with Crippen molar-refractivity contribution in [3.63, 3.8) is 0 Å². The summed E-state index contributed by atoms with van der Waals surface area (Å²) in [5.74, 6) is 0.821. The number of aryl methyl sites for hydroxylation is 1. The van der Waals surface area contributed by atoms with Crippen molar-refractivity contribution in [1.29, 1.82) is 0 Å². The van der Waals surface area contributed by atoms with Crippen LogP contribution in [0.1, 0.15) is 32.3 Å². The predicted molar refractivity (Wildman–Crippen MR) is 102 cm³/mol. The van der Waals surface area contributed by atoms with Crippen LogP contribution < -0.4 is 4.74 Å². The van der Waals surface area contributed by atoms with Crippen molar-refractivity contribution in [2.75, 3.05) is 13.2 Å². The van der Waals surface area contributed by atoms with E-state index in [1.165, 1.54) is 0 Å². The lowest BCUT2D eigenvalue weighted by Gasteiger charge is -2.11. The molecule has 0 heterocycles. The van der Waals surface area contributed by atoms with Gasteiger partial charge in [0.2, 0.25) is 0 Å². The standard InChI is InChI=1S/C17H26O8P2/c1-14(10-11-24-27(21,22)25-26(18,19)20)6-4-8-16(3)13-23-17-9-5-7-15(2)12-17/h5,7-10,12H,4,6,11,13H2,1-3H3,(H,21,22)(H2,18,19,20)/b14-10+,16-8+. The third-order valence-electron chi connectivity index (χ3n) is 3.37. The van der Waals surface area contributed by atoms with E-state index in [0.29, 0.717) is 13.0 Å². The van der Waals surface area contributed by atoms with Gasteiger partial charge in [0.25, 0.3) is 0 Å². The highest BCUT2D eigenvalue weighted by Crippen LogP contribution is 2.57. The maximum atomic E-state index is 11.3. The molecular weight excluding hydrogens is 394 g/mol. The van der Waals surface area contributed by atoms with Gasteiger partial charge in [0.05, 0.1) is 6.61 Å². The van der Waals surface area contributed by atoms with E-state index in [1.807, 2.05) is 51.1 Å². The average Bonchev–Trinajstić information content (AvgIpc) is 2.50. The lowest BCUT2D eigenvalue weighted by atomic mass is 10.1. The Hall–Kier alpha value is -1.24. The Morgan fingerprint density at radius 3 is 2.44 bits per heavy atom. The van der Waals surface area contributed by atoms with Crippen molar-refractivity contribution >= 4 is 15.6 Å². The molecule has 10 heteroatoms. The molecule has 0 aliphatic carbocycles. The van der Waals surface area contributed by atoms with E-state index >= 15 is 0 Å². The Morgan fingerprint density at radius 1 is 1.11 bits per heavy atom. The number of phosphoric acid groups is 2. The van der Waals surface area contributed by atoms with E-state index in [4.69, 9.17) is 19.4 Å². The molecule has 1 aromatic carbocycles. The minimum absolute atomic E-state index is 0.293. The first kappa shape index (κ1) is 23.8. The minimum Gasteiger partial charge on any atom is -0.489 e. The highest BCUT2D eigenvalue weighted by Gasteiger charge is 2.31. The molecule has 3 N–H and O–H groups in total. The van der Waals surface area contributed by atoms with Crippen molar-refractivity contribution < 1.29 is 37.4 Å². The van der Waals surface area contributed by atoms with E-state index in [1.54, 1.807) is 6.08 Å². The molecule has 0 aliphatic heterocycles. The molecule has 8 nitrogen and oxygen atoms in total. The zero-order valence-corrected chi connectivity index (χ0v) is 17.4. The monoisotopic (exact) mass is 420 g/mol. The van der Waals surface area contributed by atoms with Crippen LogP contribution in [-0.4, -0.2) is 27.9 Å². The molecule has 1 aromatic rings. The van der Waals surface area contributed by atoms with Gasteiger partial charge < -0.3 is 19.4 Å². The summed E-state index contributed by atoms with van der Waals surface area (Å²) in [6.07, 6.45) is 5.04. The molecule has 0 fully saturated rings. The van der Waals surface area contributed by atoms with Gasteiger partial charge in [0.1, 0.15) is 12.4 Å². The molecule has 0 bridgehead atoms. The number of allylic oxidation sites excluding steroid dienone is 2. The Balaban J connectivity index is 2.34. The lowest BCUT2D eigenvalue weighted by Crippen LogP contribution is -1.99. The van der Waals surface area contributed by atoms with Gasteiger partial charge in [0, 0.05) is 0 Å². The smallest absolute Gasteiger partial charge is 0.481 e. The topological polar surface area (TPSA) is 123 Å². The minimum atomic E-state index is -5.09. The Bertz CT molecular complexity index is 766. The molecule has 0 spiro atoms. The fourth-order valence-electron chi connectivity index (χ4n) is 2.04. The van der Waals surface area contributed by atoms with Crippen LogP contribution in [0.2, 0.25) is 0 Å². The number of benzene rings is 1. The first-order valence-electron chi connectivity index (χ1n) is 8.22. The zero-order valence-electron chi connectivity index (χ0n) is 15.6. The van der Waals surface area contributed by atoms with E-state index < -0.39 is 15.6 Å². The van der Waals surface area contributed by atoms with Crippen LogP contribution in [-0.2, 0) is 18.0 Å². The summed E-state index contributed by atoms with van der Waals surface area (Å²) < 4.78 is 35.7. The molecule has 0 saturated heterocycles. The summed E-state index contributed by atoms with van der Waals surface area (Å²) in [5.41, 5.74) is 3.11. The Morgan fingerprint density at radius 2 is 1.81 bits per heavy atom. The average molecular weight is 420 g/mol. The number of hydrogen-bond donors (Lipinski definition) is 3.